The van der Waals surface area contributed by atoms with Gasteiger partial charge in [-0.2, -0.15) is 0 Å². The van der Waals surface area contributed by atoms with Crippen LogP contribution in [-0.4, -0.2) is 18.1 Å². The molecular weight excluding hydrogens is 322 g/mol. The lowest BCUT2D eigenvalue weighted by Gasteiger charge is -1.99. The normalized spacial score (nSPS) is 10.7. The predicted octanol–water partition coefficient (Wildman–Crippen LogP) is 4.04. The fourth-order valence-electron chi connectivity index (χ4n) is 1.93. The Labute approximate surface area is 123 Å². The first kappa shape index (κ1) is 12.9. The Morgan fingerprint density at radius 1 is 1.25 bits per heavy atom. The maximum absolute atomic E-state index is 11.6. The van der Waals surface area contributed by atoms with Crippen molar-refractivity contribution in [2.24, 2.45) is 0 Å². The van der Waals surface area contributed by atoms with Crippen LogP contribution in [0.25, 0.3) is 22.6 Å². The van der Waals surface area contributed by atoms with Gasteiger partial charge in [0.1, 0.15) is 5.52 Å². The highest BCUT2D eigenvalue weighted by molar-refractivity contribution is 9.10. The number of carbonyl (C=O) groups is 1. The zero-order chi connectivity index (χ0) is 14.1. The van der Waals surface area contributed by atoms with Crippen molar-refractivity contribution in [3.8, 4) is 11.5 Å². The van der Waals surface area contributed by atoms with Gasteiger partial charge in [-0.1, -0.05) is 18.2 Å². The first-order chi connectivity index (χ1) is 9.69. The number of aromatic nitrogens is 1. The number of methoxy groups -OCH3 is 1. The topological polar surface area (TPSA) is 52.3 Å². The maximum Gasteiger partial charge on any atom is 0.338 e. The molecule has 100 valence electrons. The quantitative estimate of drug-likeness (QED) is 0.665. The summed E-state index contributed by atoms with van der Waals surface area (Å²) in [6, 6.07) is 12.9. The SMILES string of the molecule is COC(=O)c1cc(Br)c2nc(-c3ccccc3)oc2c1. The van der Waals surface area contributed by atoms with Gasteiger partial charge < -0.3 is 9.15 Å². The third kappa shape index (κ3) is 2.20. The minimum Gasteiger partial charge on any atom is -0.465 e. The second kappa shape index (κ2) is 5.09. The highest BCUT2D eigenvalue weighted by Crippen LogP contribution is 2.30. The average Bonchev–Trinajstić information content (AvgIpc) is 2.92. The number of fused-ring (bicyclic) bond motifs is 1. The molecule has 0 saturated carbocycles. The second-order valence-electron chi connectivity index (χ2n) is 4.18. The first-order valence-electron chi connectivity index (χ1n) is 5.93. The largest absolute Gasteiger partial charge is 0.465 e. The fraction of sp³-hybridized carbons (Fsp3) is 0.0667. The molecule has 0 radical (unpaired) electrons. The Morgan fingerprint density at radius 3 is 2.70 bits per heavy atom. The van der Waals surface area contributed by atoms with Crippen LogP contribution < -0.4 is 0 Å². The molecule has 0 spiro atoms. The maximum atomic E-state index is 11.6. The molecule has 0 bridgehead atoms. The molecule has 0 atom stereocenters. The van der Waals surface area contributed by atoms with E-state index in [9.17, 15) is 4.79 Å². The van der Waals surface area contributed by atoms with Gasteiger partial charge in [0, 0.05) is 10.0 Å². The molecule has 0 N–H and O–H groups in total. The van der Waals surface area contributed by atoms with E-state index in [2.05, 4.69) is 20.9 Å². The number of rotatable bonds is 2. The molecule has 0 fully saturated rings. The summed E-state index contributed by atoms with van der Waals surface area (Å²) < 4.78 is 11.1. The van der Waals surface area contributed by atoms with Crippen molar-refractivity contribution in [2.75, 3.05) is 7.11 Å². The van der Waals surface area contributed by atoms with Gasteiger partial charge in [0.15, 0.2) is 5.58 Å². The van der Waals surface area contributed by atoms with E-state index in [1.165, 1.54) is 7.11 Å². The van der Waals surface area contributed by atoms with Gasteiger partial charge in [0.05, 0.1) is 12.7 Å². The molecule has 0 aliphatic rings. The van der Waals surface area contributed by atoms with E-state index in [0.29, 0.717) is 27.0 Å². The summed E-state index contributed by atoms with van der Waals surface area (Å²) in [5, 5.41) is 0. The molecule has 1 heterocycles. The molecule has 0 aliphatic heterocycles. The summed E-state index contributed by atoms with van der Waals surface area (Å²) in [4.78, 5) is 16.0. The van der Waals surface area contributed by atoms with Crippen molar-refractivity contribution < 1.29 is 13.9 Å². The van der Waals surface area contributed by atoms with Gasteiger partial charge in [-0.05, 0) is 40.2 Å². The van der Waals surface area contributed by atoms with Crippen molar-refractivity contribution in [3.63, 3.8) is 0 Å². The molecular formula is C15H10BrNO3. The van der Waals surface area contributed by atoms with Gasteiger partial charge in [0.25, 0.3) is 0 Å². The molecule has 3 rings (SSSR count). The van der Waals surface area contributed by atoms with Crippen LogP contribution in [0.1, 0.15) is 10.4 Å². The molecule has 0 unspecified atom stereocenters. The van der Waals surface area contributed by atoms with Crippen molar-refractivity contribution >= 4 is 33.0 Å². The van der Waals surface area contributed by atoms with Crippen LogP contribution in [0.3, 0.4) is 0 Å². The van der Waals surface area contributed by atoms with Crippen LogP contribution >= 0.6 is 15.9 Å². The number of ether oxygens (including phenoxy) is 1. The Bertz CT molecular complexity index is 780. The van der Waals surface area contributed by atoms with Crippen LogP contribution in [0.5, 0.6) is 0 Å². The number of nitrogens with zero attached hydrogens (tertiary/aromatic N) is 1. The number of hydrogen-bond donors (Lipinski definition) is 0. The summed E-state index contributed by atoms with van der Waals surface area (Å²) >= 11 is 3.40. The molecule has 0 saturated heterocycles. The molecule has 2 aromatic carbocycles. The minimum absolute atomic E-state index is 0.412. The van der Waals surface area contributed by atoms with E-state index < -0.39 is 5.97 Å². The lowest BCUT2D eigenvalue weighted by atomic mass is 10.2. The zero-order valence-electron chi connectivity index (χ0n) is 10.6. The zero-order valence-corrected chi connectivity index (χ0v) is 12.2. The van der Waals surface area contributed by atoms with E-state index >= 15 is 0 Å². The lowest BCUT2D eigenvalue weighted by Crippen LogP contribution is -2.00. The summed E-state index contributed by atoms with van der Waals surface area (Å²) in [5.74, 6) is 0.105. The summed E-state index contributed by atoms with van der Waals surface area (Å²) in [7, 11) is 1.34. The summed E-state index contributed by atoms with van der Waals surface area (Å²) in [5.41, 5.74) is 2.52. The fourth-order valence-corrected chi connectivity index (χ4v) is 2.46. The van der Waals surface area contributed by atoms with Gasteiger partial charge in [-0.25, -0.2) is 9.78 Å². The van der Waals surface area contributed by atoms with Gasteiger partial charge in [-0.3, -0.25) is 0 Å². The summed E-state index contributed by atoms with van der Waals surface area (Å²) in [6.07, 6.45) is 0. The number of benzene rings is 2. The predicted molar refractivity (Wildman–Crippen MR) is 78.5 cm³/mol. The standard InChI is InChI=1S/C15H10BrNO3/c1-19-15(18)10-7-11(16)13-12(8-10)20-14(17-13)9-5-3-2-4-6-9/h2-8H,1H3. The third-order valence-corrected chi connectivity index (χ3v) is 3.49. The Balaban J connectivity index is 2.16. The highest BCUT2D eigenvalue weighted by atomic mass is 79.9. The Hall–Kier alpha value is -2.14. The highest BCUT2D eigenvalue weighted by Gasteiger charge is 2.15. The van der Waals surface area contributed by atoms with Gasteiger partial charge >= 0.3 is 5.97 Å². The van der Waals surface area contributed by atoms with Crippen molar-refractivity contribution in [1.29, 1.82) is 0 Å². The van der Waals surface area contributed by atoms with Crippen LogP contribution in [0.2, 0.25) is 0 Å². The van der Waals surface area contributed by atoms with Crippen molar-refractivity contribution in [2.45, 2.75) is 0 Å². The molecule has 1 aromatic heterocycles. The van der Waals surface area contributed by atoms with E-state index in [1.807, 2.05) is 30.3 Å². The van der Waals surface area contributed by atoms with E-state index in [4.69, 9.17) is 9.15 Å². The molecule has 0 aliphatic carbocycles. The number of hydrogen-bond acceptors (Lipinski definition) is 4. The van der Waals surface area contributed by atoms with E-state index in [-0.39, 0.29) is 0 Å². The lowest BCUT2D eigenvalue weighted by molar-refractivity contribution is 0.0600. The number of carbonyl (C=O) groups excluding carboxylic acids is 1. The summed E-state index contributed by atoms with van der Waals surface area (Å²) in [6.45, 7) is 0. The number of oxazole rings is 1. The van der Waals surface area contributed by atoms with E-state index in [0.717, 1.165) is 5.56 Å². The van der Waals surface area contributed by atoms with Gasteiger partial charge in [0.2, 0.25) is 5.89 Å². The Morgan fingerprint density at radius 2 is 2.00 bits per heavy atom. The number of halogens is 1. The van der Waals surface area contributed by atoms with Gasteiger partial charge in [-0.15, -0.1) is 0 Å². The monoisotopic (exact) mass is 331 g/mol. The first-order valence-corrected chi connectivity index (χ1v) is 6.72. The van der Waals surface area contributed by atoms with E-state index in [1.54, 1.807) is 12.1 Å². The van der Waals surface area contributed by atoms with Crippen molar-refractivity contribution in [1.82, 2.24) is 4.98 Å². The number of esters is 1. The van der Waals surface area contributed by atoms with Crippen LogP contribution in [0, 0.1) is 0 Å². The minimum atomic E-state index is -0.412. The molecule has 3 aromatic rings. The van der Waals surface area contributed by atoms with Crippen LogP contribution in [-0.2, 0) is 4.74 Å². The Kier molecular flexibility index (Phi) is 3.28. The average molecular weight is 332 g/mol. The van der Waals surface area contributed by atoms with Crippen LogP contribution in [0.15, 0.2) is 51.4 Å². The molecule has 5 heteroatoms. The van der Waals surface area contributed by atoms with Crippen molar-refractivity contribution in [3.05, 3.63) is 52.5 Å². The molecule has 20 heavy (non-hydrogen) atoms. The second-order valence-corrected chi connectivity index (χ2v) is 5.04. The third-order valence-electron chi connectivity index (χ3n) is 2.89. The molecule has 4 nitrogen and oxygen atoms in total. The smallest absolute Gasteiger partial charge is 0.338 e. The molecule has 0 amide bonds. The van der Waals surface area contributed by atoms with Crippen LogP contribution in [0.4, 0.5) is 0 Å².